The smallest absolute Gasteiger partial charge is 0.257 e. The third-order valence-electron chi connectivity index (χ3n) is 5.46. The second kappa shape index (κ2) is 6.89. The van der Waals surface area contributed by atoms with E-state index in [0.29, 0.717) is 41.7 Å². The molecule has 0 unspecified atom stereocenters. The molecule has 3 aromatic rings. The van der Waals surface area contributed by atoms with Crippen LogP contribution in [0.3, 0.4) is 0 Å². The average Bonchev–Trinajstić information content (AvgIpc) is 3.16. The molecule has 9 nitrogen and oxygen atoms in total. The number of aromatic nitrogens is 6. The number of anilines is 2. The van der Waals surface area contributed by atoms with E-state index in [0.717, 1.165) is 42.8 Å². The van der Waals surface area contributed by atoms with E-state index in [1.165, 1.54) is 0 Å². The highest BCUT2D eigenvalue weighted by Crippen LogP contribution is 2.36. The maximum absolute atomic E-state index is 6.22. The molecule has 5 rings (SSSR count). The van der Waals surface area contributed by atoms with Crippen LogP contribution in [0.5, 0.6) is 5.88 Å². The molecular formula is C18H22ClN7O2. The van der Waals surface area contributed by atoms with Crippen LogP contribution in [-0.2, 0) is 11.3 Å². The minimum absolute atomic E-state index is 0.281. The van der Waals surface area contributed by atoms with Crippen molar-refractivity contribution in [2.75, 3.05) is 25.1 Å². The number of aryl methyl sites for hydroxylation is 1. The van der Waals surface area contributed by atoms with Crippen LogP contribution < -0.4 is 10.1 Å². The number of halogens is 1. The first-order chi connectivity index (χ1) is 13.6. The number of ether oxygens (including phenoxy) is 2. The minimum atomic E-state index is 0.281. The first kappa shape index (κ1) is 17.7. The molecule has 5 heterocycles. The quantitative estimate of drug-likeness (QED) is 0.667. The Labute approximate surface area is 167 Å². The summed E-state index contributed by atoms with van der Waals surface area (Å²) in [5.41, 5.74) is 2.52. The van der Waals surface area contributed by atoms with Gasteiger partial charge in [-0.3, -0.25) is 4.68 Å². The number of rotatable bonds is 1. The number of hydrogen-bond donors (Lipinski definition) is 1. The zero-order valence-electron chi connectivity index (χ0n) is 15.9. The van der Waals surface area contributed by atoms with Crippen LogP contribution in [-0.4, -0.2) is 49.3 Å². The number of nitrogens with one attached hydrogen (secondary N) is 1. The van der Waals surface area contributed by atoms with Crippen LogP contribution in [0.4, 0.5) is 11.6 Å². The third kappa shape index (κ3) is 2.89. The van der Waals surface area contributed by atoms with E-state index in [-0.39, 0.29) is 6.04 Å². The molecule has 10 heteroatoms. The normalized spacial score (nSPS) is 22.4. The van der Waals surface area contributed by atoms with Gasteiger partial charge in [-0.2, -0.15) is 10.1 Å². The van der Waals surface area contributed by atoms with Crippen molar-refractivity contribution in [2.45, 2.75) is 39.3 Å². The summed E-state index contributed by atoms with van der Waals surface area (Å²) in [4.78, 5) is 9.05. The summed E-state index contributed by atoms with van der Waals surface area (Å²) in [5.74, 6) is 1.44. The van der Waals surface area contributed by atoms with Gasteiger partial charge in [0.2, 0.25) is 5.95 Å². The van der Waals surface area contributed by atoms with E-state index >= 15 is 0 Å². The van der Waals surface area contributed by atoms with Gasteiger partial charge in [0.25, 0.3) is 5.88 Å². The molecule has 0 spiro atoms. The van der Waals surface area contributed by atoms with E-state index in [4.69, 9.17) is 26.2 Å². The summed E-state index contributed by atoms with van der Waals surface area (Å²) in [6, 6.07) is 0.281. The molecule has 148 valence electrons. The lowest BCUT2D eigenvalue weighted by Gasteiger charge is -2.29. The molecule has 1 fully saturated rings. The number of fused-ring (bicyclic) bond motifs is 2. The van der Waals surface area contributed by atoms with Gasteiger partial charge in [0, 0.05) is 31.7 Å². The van der Waals surface area contributed by atoms with Crippen molar-refractivity contribution in [1.82, 2.24) is 29.5 Å². The van der Waals surface area contributed by atoms with Crippen LogP contribution in [0.2, 0.25) is 5.15 Å². The van der Waals surface area contributed by atoms with Crippen molar-refractivity contribution in [3.8, 4) is 5.88 Å². The summed E-state index contributed by atoms with van der Waals surface area (Å²) in [6.45, 7) is 6.91. The molecule has 0 aromatic carbocycles. The van der Waals surface area contributed by atoms with Crippen LogP contribution in [0, 0.1) is 12.8 Å². The van der Waals surface area contributed by atoms with Crippen molar-refractivity contribution in [2.24, 2.45) is 5.92 Å². The Morgan fingerprint density at radius 3 is 3.04 bits per heavy atom. The van der Waals surface area contributed by atoms with E-state index in [2.05, 4.69) is 32.0 Å². The zero-order chi connectivity index (χ0) is 19.3. The van der Waals surface area contributed by atoms with Gasteiger partial charge in [-0.1, -0.05) is 18.5 Å². The van der Waals surface area contributed by atoms with E-state index in [1.807, 2.05) is 6.92 Å². The Morgan fingerprint density at radius 2 is 2.18 bits per heavy atom. The van der Waals surface area contributed by atoms with E-state index in [1.54, 1.807) is 10.9 Å². The third-order valence-corrected chi connectivity index (χ3v) is 5.74. The monoisotopic (exact) mass is 403 g/mol. The number of hydrogen-bond acceptors (Lipinski definition) is 7. The Hall–Kier alpha value is -2.39. The maximum atomic E-state index is 6.22. The fraction of sp³-hybridized carbons (Fsp3) is 0.556. The zero-order valence-corrected chi connectivity index (χ0v) is 16.6. The topological polar surface area (TPSA) is 91.9 Å². The van der Waals surface area contributed by atoms with Crippen LogP contribution >= 0.6 is 11.6 Å². The predicted octanol–water partition coefficient (Wildman–Crippen LogP) is 3.11. The van der Waals surface area contributed by atoms with Crippen molar-refractivity contribution in [3.63, 3.8) is 0 Å². The van der Waals surface area contributed by atoms with Crippen LogP contribution in [0.15, 0.2) is 6.20 Å². The number of nitrogens with zero attached hydrogens (tertiary/aromatic N) is 6. The van der Waals surface area contributed by atoms with Gasteiger partial charge >= 0.3 is 0 Å². The molecule has 0 amide bonds. The van der Waals surface area contributed by atoms with E-state index < -0.39 is 0 Å². The van der Waals surface area contributed by atoms with Gasteiger partial charge in [0.05, 0.1) is 30.3 Å². The largest absolute Gasteiger partial charge is 0.475 e. The molecule has 2 aliphatic heterocycles. The summed E-state index contributed by atoms with van der Waals surface area (Å²) >= 11 is 6.22. The second-order valence-corrected chi connectivity index (χ2v) is 7.75. The SMILES string of the molecule is Cc1c2c(nn1[C@H]1CCOC[C@H]1C)OCCCn1nc(Cl)c3cnc(nc31)N2. The summed E-state index contributed by atoms with van der Waals surface area (Å²) in [6.07, 6.45) is 3.41. The van der Waals surface area contributed by atoms with Gasteiger partial charge in [-0.25, -0.2) is 9.67 Å². The van der Waals surface area contributed by atoms with Crippen molar-refractivity contribution in [3.05, 3.63) is 17.0 Å². The molecular weight excluding hydrogens is 382 g/mol. The molecule has 0 radical (unpaired) electrons. The van der Waals surface area contributed by atoms with Crippen LogP contribution in [0.1, 0.15) is 31.5 Å². The molecule has 28 heavy (non-hydrogen) atoms. The minimum Gasteiger partial charge on any atom is -0.475 e. The van der Waals surface area contributed by atoms with Gasteiger partial charge in [-0.05, 0) is 13.3 Å². The Bertz CT molecular complexity index is 1030. The summed E-state index contributed by atoms with van der Waals surface area (Å²) < 4.78 is 15.5. The highest BCUT2D eigenvalue weighted by atomic mass is 35.5. The standard InChI is InChI=1S/C18H22ClN7O2/c1-10-9-27-7-4-13(10)26-11(2)14-17(24-26)28-6-3-5-25-16-12(15(19)23-25)8-20-18(21-14)22-16/h8,10,13H,3-7,9H2,1-2H3,(H,20,21,22)/t10-,13+/m1/s1. The van der Waals surface area contributed by atoms with Crippen molar-refractivity contribution in [1.29, 1.82) is 0 Å². The molecule has 3 aromatic heterocycles. The molecule has 2 bridgehead atoms. The molecule has 0 aliphatic carbocycles. The van der Waals surface area contributed by atoms with Crippen molar-refractivity contribution < 1.29 is 9.47 Å². The highest BCUT2D eigenvalue weighted by molar-refractivity contribution is 6.34. The maximum Gasteiger partial charge on any atom is 0.257 e. The molecule has 1 N–H and O–H groups in total. The van der Waals surface area contributed by atoms with Crippen molar-refractivity contribution >= 4 is 34.3 Å². The Morgan fingerprint density at radius 1 is 1.29 bits per heavy atom. The van der Waals surface area contributed by atoms with Crippen LogP contribution in [0.25, 0.3) is 11.0 Å². The average molecular weight is 404 g/mol. The molecule has 1 saturated heterocycles. The van der Waals surface area contributed by atoms with Gasteiger partial charge in [-0.15, -0.1) is 5.10 Å². The van der Waals surface area contributed by atoms with Gasteiger partial charge < -0.3 is 14.8 Å². The summed E-state index contributed by atoms with van der Waals surface area (Å²) in [5, 5.41) is 13.6. The molecule has 2 aliphatic rings. The fourth-order valence-electron chi connectivity index (χ4n) is 3.93. The van der Waals surface area contributed by atoms with E-state index in [9.17, 15) is 0 Å². The lowest BCUT2D eigenvalue weighted by molar-refractivity contribution is 0.0240. The first-order valence-corrected chi connectivity index (χ1v) is 9.95. The fourth-order valence-corrected chi connectivity index (χ4v) is 4.15. The molecule has 2 atom stereocenters. The highest BCUT2D eigenvalue weighted by Gasteiger charge is 2.29. The van der Waals surface area contributed by atoms with Gasteiger partial charge in [0.1, 0.15) is 5.69 Å². The molecule has 0 saturated carbocycles. The lowest BCUT2D eigenvalue weighted by atomic mass is 9.98. The Kier molecular flexibility index (Phi) is 4.36. The van der Waals surface area contributed by atoms with Gasteiger partial charge in [0.15, 0.2) is 10.8 Å². The second-order valence-electron chi connectivity index (χ2n) is 7.39. The Balaban J connectivity index is 1.58. The lowest BCUT2D eigenvalue weighted by Crippen LogP contribution is -2.29. The summed E-state index contributed by atoms with van der Waals surface area (Å²) in [7, 11) is 0. The first-order valence-electron chi connectivity index (χ1n) is 9.57. The predicted molar refractivity (Wildman–Crippen MR) is 104 cm³/mol.